The molecule has 0 bridgehead atoms. The molecule has 0 aliphatic carbocycles. The summed E-state index contributed by atoms with van der Waals surface area (Å²) in [7, 11) is 0. The van der Waals surface area contributed by atoms with E-state index >= 15 is 0 Å². The first kappa shape index (κ1) is 16.4. The van der Waals surface area contributed by atoms with E-state index in [2.05, 4.69) is 23.5 Å². The highest BCUT2D eigenvalue weighted by molar-refractivity contribution is 5.96. The molecule has 0 saturated carbocycles. The molecule has 0 aliphatic heterocycles. The maximum Gasteiger partial charge on any atom is 0.247 e. The van der Waals surface area contributed by atoms with Crippen LogP contribution in [0, 0.1) is 0 Å². The van der Waals surface area contributed by atoms with Crippen LogP contribution in [0.3, 0.4) is 0 Å². The minimum Gasteiger partial charge on any atom is -0.348 e. The Balaban J connectivity index is 2.46. The molecule has 0 fully saturated rings. The molecule has 21 heavy (non-hydrogen) atoms. The number of nitrogens with one attached hydrogen (secondary N) is 1. The van der Waals surface area contributed by atoms with Crippen molar-refractivity contribution in [2.75, 3.05) is 13.1 Å². The number of pyridine rings is 1. The fraction of sp³-hybridized carbons (Fsp3) is 0.188. The van der Waals surface area contributed by atoms with Crippen molar-refractivity contribution in [1.82, 2.24) is 15.2 Å². The first-order valence-electron chi connectivity index (χ1n) is 6.53. The Morgan fingerprint density at radius 1 is 1.14 bits per heavy atom. The summed E-state index contributed by atoms with van der Waals surface area (Å²) < 4.78 is 0. The van der Waals surface area contributed by atoms with Crippen LogP contribution >= 0.6 is 0 Å². The van der Waals surface area contributed by atoms with Gasteiger partial charge in [0.15, 0.2) is 0 Å². The third-order valence-electron chi connectivity index (χ3n) is 2.60. The number of rotatable bonds is 8. The molecule has 2 amide bonds. The van der Waals surface area contributed by atoms with Crippen molar-refractivity contribution >= 4 is 11.8 Å². The van der Waals surface area contributed by atoms with Gasteiger partial charge in [-0.05, 0) is 17.7 Å². The summed E-state index contributed by atoms with van der Waals surface area (Å²) in [4.78, 5) is 28.9. The molecule has 1 aromatic rings. The summed E-state index contributed by atoms with van der Waals surface area (Å²) >= 11 is 0. The average Bonchev–Trinajstić information content (AvgIpc) is 2.51. The average molecular weight is 285 g/mol. The second kappa shape index (κ2) is 9.25. The molecule has 1 heterocycles. The Labute approximate surface area is 124 Å². The Bertz CT molecular complexity index is 514. The number of carbonyl (C=O) groups is 2. The molecule has 5 nitrogen and oxygen atoms in total. The van der Waals surface area contributed by atoms with E-state index in [9.17, 15) is 9.59 Å². The normalized spacial score (nSPS) is 10.1. The zero-order chi connectivity index (χ0) is 15.5. The van der Waals surface area contributed by atoms with Gasteiger partial charge >= 0.3 is 0 Å². The van der Waals surface area contributed by atoms with Crippen molar-refractivity contribution in [2.24, 2.45) is 0 Å². The fourth-order valence-corrected chi connectivity index (χ4v) is 1.57. The molecular formula is C16H19N3O2. The van der Waals surface area contributed by atoms with Gasteiger partial charge in [0.2, 0.25) is 11.8 Å². The first-order chi connectivity index (χ1) is 10.2. The van der Waals surface area contributed by atoms with Crippen molar-refractivity contribution in [3.63, 3.8) is 0 Å². The number of nitrogens with zero attached hydrogens (tertiary/aromatic N) is 2. The molecule has 1 aromatic heterocycles. The first-order valence-corrected chi connectivity index (χ1v) is 6.53. The number of aromatic nitrogens is 1. The molecule has 1 rings (SSSR count). The van der Waals surface area contributed by atoms with Crippen LogP contribution in [0.2, 0.25) is 0 Å². The molecule has 5 heteroatoms. The number of amides is 2. The lowest BCUT2D eigenvalue weighted by Gasteiger charge is -2.16. The lowest BCUT2D eigenvalue weighted by Crippen LogP contribution is -2.30. The van der Waals surface area contributed by atoms with Crippen LogP contribution in [0.1, 0.15) is 5.56 Å². The van der Waals surface area contributed by atoms with E-state index in [1.165, 1.54) is 17.1 Å². The van der Waals surface area contributed by atoms with Crippen LogP contribution in [0.25, 0.3) is 0 Å². The molecule has 0 saturated heterocycles. The maximum absolute atomic E-state index is 11.9. The van der Waals surface area contributed by atoms with E-state index in [0.717, 1.165) is 5.56 Å². The lowest BCUT2D eigenvalue weighted by molar-refractivity contribution is -0.125. The monoisotopic (exact) mass is 285 g/mol. The molecule has 0 spiro atoms. The van der Waals surface area contributed by atoms with Crippen LogP contribution in [0.4, 0.5) is 0 Å². The highest BCUT2D eigenvalue weighted by atomic mass is 16.2. The van der Waals surface area contributed by atoms with E-state index in [1.807, 2.05) is 12.1 Å². The van der Waals surface area contributed by atoms with E-state index < -0.39 is 0 Å². The topological polar surface area (TPSA) is 62.3 Å². The van der Waals surface area contributed by atoms with Crippen LogP contribution in [0.15, 0.2) is 62.0 Å². The predicted molar refractivity (Wildman–Crippen MR) is 82.2 cm³/mol. The summed E-state index contributed by atoms with van der Waals surface area (Å²) in [6.45, 7) is 8.39. The van der Waals surface area contributed by atoms with Gasteiger partial charge in [-0.3, -0.25) is 14.6 Å². The van der Waals surface area contributed by atoms with Crippen molar-refractivity contribution in [2.45, 2.75) is 6.54 Å². The Hall–Kier alpha value is -2.69. The third-order valence-corrected chi connectivity index (χ3v) is 2.60. The van der Waals surface area contributed by atoms with Crippen LogP contribution in [-0.2, 0) is 16.1 Å². The van der Waals surface area contributed by atoms with Gasteiger partial charge in [0.05, 0.1) is 0 Å². The summed E-state index contributed by atoms with van der Waals surface area (Å²) in [5, 5.41) is 2.69. The van der Waals surface area contributed by atoms with E-state index in [4.69, 9.17) is 0 Å². The molecule has 1 N–H and O–H groups in total. The standard InChI is InChI=1S/C16H19N3O2/c1-3-11-19(12-4-2)16(21)6-5-15(20)18-13-14-7-9-17-10-8-14/h3-10H,1-2,11-13H2,(H,18,20)/b6-5+. The van der Waals surface area contributed by atoms with Crippen molar-refractivity contribution in [1.29, 1.82) is 0 Å². The van der Waals surface area contributed by atoms with E-state index in [-0.39, 0.29) is 11.8 Å². The Kier molecular flexibility index (Phi) is 7.21. The van der Waals surface area contributed by atoms with Gasteiger partial charge < -0.3 is 10.2 Å². The Morgan fingerprint density at radius 3 is 2.33 bits per heavy atom. The number of hydrogen-bond acceptors (Lipinski definition) is 3. The number of hydrogen-bond donors (Lipinski definition) is 1. The summed E-state index contributed by atoms with van der Waals surface area (Å²) in [5.74, 6) is -0.578. The molecular weight excluding hydrogens is 266 g/mol. The highest BCUT2D eigenvalue weighted by Gasteiger charge is 2.07. The smallest absolute Gasteiger partial charge is 0.247 e. The zero-order valence-electron chi connectivity index (χ0n) is 11.9. The molecule has 0 aromatic carbocycles. The van der Waals surface area contributed by atoms with Crippen LogP contribution < -0.4 is 5.32 Å². The van der Waals surface area contributed by atoms with E-state index in [1.54, 1.807) is 24.5 Å². The maximum atomic E-state index is 11.9. The lowest BCUT2D eigenvalue weighted by atomic mass is 10.2. The van der Waals surface area contributed by atoms with Gasteiger partial charge in [0.25, 0.3) is 0 Å². The van der Waals surface area contributed by atoms with E-state index in [0.29, 0.717) is 19.6 Å². The zero-order valence-corrected chi connectivity index (χ0v) is 11.9. The SMILES string of the molecule is C=CCN(CC=C)C(=O)/C=C/C(=O)NCc1ccncc1. The quantitative estimate of drug-likeness (QED) is 0.581. The van der Waals surface area contributed by atoms with Crippen LogP contribution in [-0.4, -0.2) is 34.8 Å². The minimum atomic E-state index is -0.322. The second-order valence-corrected chi connectivity index (χ2v) is 4.23. The van der Waals surface area contributed by atoms with Crippen molar-refractivity contribution in [3.05, 3.63) is 67.6 Å². The number of carbonyl (C=O) groups excluding carboxylic acids is 2. The largest absolute Gasteiger partial charge is 0.348 e. The van der Waals surface area contributed by atoms with Gasteiger partial charge in [0.1, 0.15) is 0 Å². The van der Waals surface area contributed by atoms with Gasteiger partial charge in [-0.1, -0.05) is 12.2 Å². The van der Waals surface area contributed by atoms with Gasteiger partial charge in [-0.15, -0.1) is 13.2 Å². The van der Waals surface area contributed by atoms with Crippen LogP contribution in [0.5, 0.6) is 0 Å². The molecule has 0 unspecified atom stereocenters. The summed E-state index contributed by atoms with van der Waals surface area (Å²) in [5.41, 5.74) is 0.943. The predicted octanol–water partition coefficient (Wildman–Crippen LogP) is 1.45. The molecule has 0 atom stereocenters. The van der Waals surface area contributed by atoms with Gasteiger partial charge in [0, 0.05) is 44.2 Å². The summed E-state index contributed by atoms with van der Waals surface area (Å²) in [6, 6.07) is 3.62. The van der Waals surface area contributed by atoms with Gasteiger partial charge in [-0.2, -0.15) is 0 Å². The fourth-order valence-electron chi connectivity index (χ4n) is 1.57. The summed E-state index contributed by atoms with van der Waals surface area (Å²) in [6.07, 6.45) is 9.03. The van der Waals surface area contributed by atoms with Crippen molar-refractivity contribution in [3.8, 4) is 0 Å². The van der Waals surface area contributed by atoms with Gasteiger partial charge in [-0.25, -0.2) is 0 Å². The second-order valence-electron chi connectivity index (χ2n) is 4.23. The highest BCUT2D eigenvalue weighted by Crippen LogP contribution is 1.96. The molecule has 0 aliphatic rings. The minimum absolute atomic E-state index is 0.256. The third kappa shape index (κ3) is 6.33. The molecule has 110 valence electrons. The van der Waals surface area contributed by atoms with Crippen molar-refractivity contribution < 1.29 is 9.59 Å². The Morgan fingerprint density at radius 2 is 1.76 bits per heavy atom. The molecule has 0 radical (unpaired) electrons.